The maximum absolute atomic E-state index is 14.2. The number of hydrogen-bond acceptors (Lipinski definition) is 7. The smallest absolute Gasteiger partial charge is 0.344 e. The molecule has 0 amide bonds. The molecule has 0 saturated heterocycles. The van der Waals surface area contributed by atoms with E-state index < -0.39 is 29.9 Å². The second-order valence-corrected chi connectivity index (χ2v) is 6.05. The molecule has 2 rings (SSSR count). The number of esters is 1. The zero-order chi connectivity index (χ0) is 20.3. The molecule has 7 nitrogen and oxygen atoms in total. The molecule has 0 fully saturated rings. The van der Waals surface area contributed by atoms with Crippen LogP contribution in [0.25, 0.3) is 11.3 Å². The fourth-order valence-corrected chi connectivity index (χ4v) is 2.72. The fraction of sp³-hybridized carbons (Fsp3) is 0.222. The molecule has 0 aliphatic rings. The van der Waals surface area contributed by atoms with Crippen LogP contribution in [0.5, 0.6) is 0 Å². The molecule has 2 aromatic rings. The summed E-state index contributed by atoms with van der Waals surface area (Å²) < 4.78 is 24.1. The molecule has 0 spiro atoms. The van der Waals surface area contributed by atoms with E-state index in [0.29, 0.717) is 0 Å². The summed E-state index contributed by atoms with van der Waals surface area (Å²) in [6.07, 6.45) is 0. The van der Waals surface area contributed by atoms with Crippen LogP contribution in [0.3, 0.4) is 0 Å². The van der Waals surface area contributed by atoms with E-state index in [-0.39, 0.29) is 38.9 Å². The minimum Gasteiger partial charge on any atom is -0.508 e. The van der Waals surface area contributed by atoms with Crippen molar-refractivity contribution in [2.24, 2.45) is 0 Å². The molecular weight excluding hydrogens is 379 g/mol. The molecule has 142 valence electrons. The Labute approximate surface area is 158 Å². The molecule has 1 aromatic heterocycles. The Morgan fingerprint density at radius 2 is 2.04 bits per heavy atom. The topological polar surface area (TPSA) is 113 Å². The summed E-state index contributed by atoms with van der Waals surface area (Å²) in [6, 6.07) is 3.98. The van der Waals surface area contributed by atoms with E-state index in [1.165, 1.54) is 32.9 Å². The molecule has 0 aliphatic carbocycles. The van der Waals surface area contributed by atoms with Gasteiger partial charge in [0.15, 0.2) is 5.78 Å². The van der Waals surface area contributed by atoms with E-state index >= 15 is 0 Å². The van der Waals surface area contributed by atoms with E-state index in [0.717, 1.165) is 6.07 Å². The molecule has 0 bridgehead atoms. The number of nitrogens with zero attached hydrogens (tertiary/aromatic N) is 1. The van der Waals surface area contributed by atoms with Crippen LogP contribution >= 0.6 is 11.6 Å². The highest BCUT2D eigenvalue weighted by atomic mass is 35.5. The van der Waals surface area contributed by atoms with Crippen molar-refractivity contribution in [1.82, 2.24) is 5.16 Å². The number of aryl methyl sites for hydroxylation is 1. The van der Waals surface area contributed by atoms with Crippen LogP contribution in [0.15, 0.2) is 34.1 Å². The second kappa shape index (κ2) is 8.13. The van der Waals surface area contributed by atoms with Gasteiger partial charge in [-0.3, -0.25) is 4.79 Å². The van der Waals surface area contributed by atoms with Crippen LogP contribution in [-0.2, 0) is 9.53 Å². The van der Waals surface area contributed by atoms with Crippen molar-refractivity contribution >= 4 is 29.1 Å². The lowest BCUT2D eigenvalue weighted by atomic mass is 10.1. The third-order valence-corrected chi connectivity index (χ3v) is 3.94. The third kappa shape index (κ3) is 4.22. The van der Waals surface area contributed by atoms with Gasteiger partial charge in [0.25, 0.3) is 0 Å². The van der Waals surface area contributed by atoms with E-state index in [1.54, 1.807) is 0 Å². The summed E-state index contributed by atoms with van der Waals surface area (Å²) in [7, 11) is 0. The van der Waals surface area contributed by atoms with E-state index in [4.69, 9.17) is 26.3 Å². The van der Waals surface area contributed by atoms with Gasteiger partial charge < -0.3 is 19.8 Å². The molecular formula is C18H16ClFN2O5. The number of benzene rings is 1. The first-order valence-corrected chi connectivity index (χ1v) is 8.09. The second-order valence-electron chi connectivity index (χ2n) is 5.64. The molecule has 2 N–H and O–H groups in total. The fourth-order valence-electron chi connectivity index (χ4n) is 2.47. The highest BCUT2D eigenvalue weighted by Crippen LogP contribution is 2.33. The van der Waals surface area contributed by atoms with Gasteiger partial charge in [-0.2, -0.15) is 0 Å². The molecule has 0 aliphatic heterocycles. The van der Waals surface area contributed by atoms with Crippen molar-refractivity contribution in [3.05, 3.63) is 51.7 Å². The average Bonchev–Trinajstić information content (AvgIpc) is 2.93. The largest absolute Gasteiger partial charge is 0.508 e. The highest BCUT2D eigenvalue weighted by Gasteiger charge is 2.27. The van der Waals surface area contributed by atoms with Gasteiger partial charge in [-0.05, 0) is 32.9 Å². The SMILES string of the molecule is CC(=N)/C(C(C)=O)=C(/O)COC(=O)c1c(-c2c(F)cccc2Cl)noc1C. The Bertz CT molecular complexity index is 928. The number of halogens is 2. The number of ketones is 1. The van der Waals surface area contributed by atoms with E-state index in [2.05, 4.69) is 5.16 Å². The highest BCUT2D eigenvalue weighted by molar-refractivity contribution is 6.33. The van der Waals surface area contributed by atoms with Crippen molar-refractivity contribution < 1.29 is 28.3 Å². The van der Waals surface area contributed by atoms with Gasteiger partial charge in [0, 0.05) is 5.71 Å². The predicted molar refractivity (Wildman–Crippen MR) is 95.7 cm³/mol. The van der Waals surface area contributed by atoms with Gasteiger partial charge in [-0.25, -0.2) is 9.18 Å². The number of carbonyl (C=O) groups excluding carboxylic acids is 2. The van der Waals surface area contributed by atoms with Crippen molar-refractivity contribution in [2.45, 2.75) is 20.8 Å². The summed E-state index contributed by atoms with van der Waals surface area (Å²) in [6.45, 7) is 3.27. The monoisotopic (exact) mass is 394 g/mol. The van der Waals surface area contributed by atoms with Crippen LogP contribution in [0.2, 0.25) is 5.02 Å². The van der Waals surface area contributed by atoms with Gasteiger partial charge in [-0.15, -0.1) is 0 Å². The van der Waals surface area contributed by atoms with Crippen LogP contribution < -0.4 is 0 Å². The zero-order valence-electron chi connectivity index (χ0n) is 14.7. The van der Waals surface area contributed by atoms with Gasteiger partial charge in [-0.1, -0.05) is 22.8 Å². The molecule has 0 saturated carbocycles. The number of aliphatic hydroxyl groups is 1. The Hall–Kier alpha value is -3.00. The lowest BCUT2D eigenvalue weighted by Gasteiger charge is -2.09. The summed E-state index contributed by atoms with van der Waals surface area (Å²) >= 11 is 6.01. The number of Topliss-reactive ketones (excluding diaryl/α,β-unsaturated/α-hetero) is 1. The van der Waals surface area contributed by atoms with Crippen LogP contribution in [0, 0.1) is 18.2 Å². The Balaban J connectivity index is 2.37. The summed E-state index contributed by atoms with van der Waals surface area (Å²) in [5.41, 5.74) is -0.842. The molecule has 0 radical (unpaired) electrons. The molecule has 1 aromatic carbocycles. The van der Waals surface area contributed by atoms with Gasteiger partial charge in [0.2, 0.25) is 0 Å². The minimum atomic E-state index is -0.958. The number of rotatable bonds is 6. The van der Waals surface area contributed by atoms with Crippen LogP contribution in [0.4, 0.5) is 4.39 Å². The predicted octanol–water partition coefficient (Wildman–Crippen LogP) is 4.04. The first kappa shape index (κ1) is 20.3. The molecule has 1 heterocycles. The summed E-state index contributed by atoms with van der Waals surface area (Å²) in [4.78, 5) is 23.9. The zero-order valence-corrected chi connectivity index (χ0v) is 15.5. The first-order chi connectivity index (χ1) is 12.6. The summed E-state index contributed by atoms with van der Waals surface area (Å²) in [5.74, 6) is -2.71. The maximum atomic E-state index is 14.2. The normalized spacial score (nSPS) is 11.7. The summed E-state index contributed by atoms with van der Waals surface area (Å²) in [5, 5.41) is 21.2. The Morgan fingerprint density at radius 1 is 1.37 bits per heavy atom. The van der Waals surface area contributed by atoms with Crippen LogP contribution in [-0.4, -0.2) is 34.3 Å². The van der Waals surface area contributed by atoms with E-state index in [1.807, 2.05) is 0 Å². The maximum Gasteiger partial charge on any atom is 0.344 e. The quantitative estimate of drug-likeness (QED) is 0.331. The standard InChI is InChI=1S/C18H16ClFN2O5/c1-8(21)14(9(2)23)13(24)7-26-18(25)15-10(3)27-22-17(15)16-11(19)5-4-6-12(16)20/h4-6,21,24H,7H2,1-3H3/b14-13-,21-8?. The van der Waals surface area contributed by atoms with E-state index in [9.17, 15) is 19.1 Å². The minimum absolute atomic E-state index is 0.0263. The van der Waals surface area contributed by atoms with Crippen molar-refractivity contribution in [2.75, 3.05) is 6.61 Å². The van der Waals surface area contributed by atoms with Gasteiger partial charge in [0.1, 0.15) is 35.2 Å². The first-order valence-electron chi connectivity index (χ1n) is 7.71. The Morgan fingerprint density at radius 3 is 2.59 bits per heavy atom. The number of nitrogens with one attached hydrogen (secondary N) is 1. The number of aromatic nitrogens is 1. The third-order valence-electron chi connectivity index (χ3n) is 3.62. The van der Waals surface area contributed by atoms with Crippen molar-refractivity contribution in [3.63, 3.8) is 0 Å². The average molecular weight is 395 g/mol. The van der Waals surface area contributed by atoms with Gasteiger partial charge in [0.05, 0.1) is 16.2 Å². The molecule has 9 heteroatoms. The number of carbonyl (C=O) groups is 2. The number of aliphatic hydroxyl groups excluding tert-OH is 1. The lowest BCUT2D eigenvalue weighted by molar-refractivity contribution is -0.113. The lowest BCUT2D eigenvalue weighted by Crippen LogP contribution is -2.15. The van der Waals surface area contributed by atoms with Crippen LogP contribution in [0.1, 0.15) is 30.0 Å². The number of hydrogen-bond donors (Lipinski definition) is 2. The number of allylic oxidation sites excluding steroid dienone is 1. The Kier molecular flexibility index (Phi) is 6.12. The van der Waals surface area contributed by atoms with Crippen molar-refractivity contribution in [1.29, 1.82) is 5.41 Å². The number of ether oxygens (including phenoxy) is 1. The molecule has 27 heavy (non-hydrogen) atoms. The van der Waals surface area contributed by atoms with Gasteiger partial charge >= 0.3 is 5.97 Å². The molecule has 0 unspecified atom stereocenters. The molecule has 0 atom stereocenters. The van der Waals surface area contributed by atoms with Crippen molar-refractivity contribution in [3.8, 4) is 11.3 Å².